The topological polar surface area (TPSA) is 161 Å². The predicted octanol–water partition coefficient (Wildman–Crippen LogP) is 11.8. The van der Waals surface area contributed by atoms with Gasteiger partial charge in [-0.3, -0.25) is 0 Å². The minimum absolute atomic E-state index is 0.135. The molecule has 0 spiro atoms. The predicted molar refractivity (Wildman–Crippen MR) is 309 cm³/mol. The number of hydrogen-bond acceptors (Lipinski definition) is 15. The Balaban J connectivity index is 1.06. The number of rotatable bonds is 23. The fraction of sp³-hybridized carbons (Fsp3) is 0.235. The molecule has 0 N–H and O–H groups in total. The Labute approximate surface area is 486 Å². The number of carbonyl (C=O) groups excluding carboxylic acids is 4. The van der Waals surface area contributed by atoms with Gasteiger partial charge in [0, 0.05) is 4.90 Å². The number of hydrogen-bond donors (Lipinski definition) is 0. The van der Waals surface area contributed by atoms with Gasteiger partial charge in [0.15, 0.2) is 24.6 Å². The lowest BCUT2D eigenvalue weighted by Crippen LogP contribution is -2.64. The third kappa shape index (κ3) is 15.9. The molecule has 2 fully saturated rings. The van der Waals surface area contributed by atoms with E-state index in [0.717, 1.165) is 27.1 Å². The van der Waals surface area contributed by atoms with Crippen molar-refractivity contribution in [2.45, 2.75) is 92.2 Å². The second-order valence-corrected chi connectivity index (χ2v) is 21.0. The van der Waals surface area contributed by atoms with Gasteiger partial charge in [-0.2, -0.15) is 0 Å². The summed E-state index contributed by atoms with van der Waals surface area (Å²) in [5, 5.41) is 0. The second kappa shape index (κ2) is 29.1. The highest BCUT2D eigenvalue weighted by Crippen LogP contribution is 2.40. The number of carbonyl (C=O) groups is 4. The first-order valence-corrected chi connectivity index (χ1v) is 28.2. The van der Waals surface area contributed by atoms with Crippen LogP contribution in [0.3, 0.4) is 0 Å². The fourth-order valence-corrected chi connectivity index (χ4v) is 10.7. The van der Waals surface area contributed by atoms with Crippen molar-refractivity contribution in [1.29, 1.82) is 0 Å². The van der Waals surface area contributed by atoms with Gasteiger partial charge in [-0.25, -0.2) is 19.2 Å². The van der Waals surface area contributed by atoms with E-state index in [-0.39, 0.29) is 48.7 Å². The van der Waals surface area contributed by atoms with Gasteiger partial charge >= 0.3 is 23.9 Å². The van der Waals surface area contributed by atoms with Gasteiger partial charge in [0.05, 0.1) is 48.7 Å². The minimum atomic E-state index is -1.66. The van der Waals surface area contributed by atoms with E-state index in [4.69, 9.17) is 47.4 Å². The summed E-state index contributed by atoms with van der Waals surface area (Å²) < 4.78 is 67.0. The van der Waals surface area contributed by atoms with Gasteiger partial charge in [0.1, 0.15) is 42.6 Å². The zero-order chi connectivity index (χ0) is 57.2. The first kappa shape index (κ1) is 58.0. The lowest BCUT2D eigenvalue weighted by Gasteiger charge is -2.47. The highest BCUT2D eigenvalue weighted by Gasteiger charge is 2.55. The molecule has 424 valence electrons. The Hall–Kier alpha value is -8.25. The molecule has 0 saturated carbocycles. The Morgan fingerprint density at radius 2 is 0.735 bits per heavy atom. The van der Waals surface area contributed by atoms with Crippen LogP contribution in [0.1, 0.15) is 63.7 Å². The molecule has 2 aliphatic rings. The van der Waals surface area contributed by atoms with Gasteiger partial charge in [0.25, 0.3) is 0 Å². The van der Waals surface area contributed by atoms with Gasteiger partial charge in [-0.1, -0.05) is 193 Å². The van der Waals surface area contributed by atoms with E-state index in [9.17, 15) is 19.2 Å². The van der Waals surface area contributed by atoms with Crippen LogP contribution in [0.2, 0.25) is 0 Å². The van der Waals surface area contributed by atoms with Crippen LogP contribution in [-0.2, 0) is 67.2 Å². The molecule has 2 aliphatic heterocycles. The molecule has 0 unspecified atom stereocenters. The molecule has 0 radical (unpaired) electrons. The van der Waals surface area contributed by atoms with Crippen molar-refractivity contribution in [3.8, 4) is 0 Å². The van der Waals surface area contributed by atoms with E-state index >= 15 is 0 Å². The highest BCUT2D eigenvalue weighted by atomic mass is 32.2. The van der Waals surface area contributed by atoms with Gasteiger partial charge < -0.3 is 47.4 Å². The van der Waals surface area contributed by atoms with E-state index in [1.165, 1.54) is 11.8 Å². The third-order valence-electron chi connectivity index (χ3n) is 13.9. The molecular weight excluding hydrogens is 1070 g/mol. The highest BCUT2D eigenvalue weighted by molar-refractivity contribution is 7.99. The monoisotopic (exact) mass is 1130 g/mol. The van der Waals surface area contributed by atoms with Gasteiger partial charge in [-0.05, 0) is 84.3 Å². The number of benzene rings is 8. The van der Waals surface area contributed by atoms with Crippen LogP contribution in [0, 0.1) is 6.92 Å². The minimum Gasteiger partial charge on any atom is -0.459 e. The van der Waals surface area contributed by atoms with E-state index in [2.05, 4.69) is 0 Å². The second-order valence-electron chi connectivity index (χ2n) is 19.8. The van der Waals surface area contributed by atoms with Crippen molar-refractivity contribution < 1.29 is 66.5 Å². The lowest BCUT2D eigenvalue weighted by atomic mass is 9.97. The number of ether oxygens (including phenoxy) is 10. The molecule has 10 atom stereocenters. The number of aryl methyl sites for hydroxylation is 1. The molecule has 8 aromatic carbocycles. The smallest absolute Gasteiger partial charge is 0.338 e. The standard InChI is InChI=1S/C68H62O14S/c1-46-37-39-54(40-38-46)83-68-62(75-43-49-27-13-4-14-28-49)59(74-42-48-25-11-3-12-26-48)57(73-41-47-23-9-2-10-24-47)55(79-68)45-77-67-61(82-66(72)53-35-21-8-22-36-53)60(81-65(71)52-33-19-7-20-34-52)58(80-64(70)51-31-17-6-18-32-51)56(78-67)44-76-63(69)50-29-15-5-16-30-50/h2-40,55-62,67-68H,41-45H2,1H3/t55-,56-,57-,58-,59+,60+,61+,62+,67+,68-/m1/s1. The Morgan fingerprint density at radius 3 is 1.19 bits per heavy atom. The van der Waals surface area contributed by atoms with Crippen molar-refractivity contribution >= 4 is 35.6 Å². The maximum atomic E-state index is 14.5. The molecule has 2 saturated heterocycles. The summed E-state index contributed by atoms with van der Waals surface area (Å²) in [7, 11) is 0. The van der Waals surface area contributed by atoms with E-state index in [0.29, 0.717) is 0 Å². The molecule has 14 nitrogen and oxygen atoms in total. The maximum absolute atomic E-state index is 14.5. The quantitative estimate of drug-likeness (QED) is 0.0439. The third-order valence-corrected chi connectivity index (χ3v) is 15.0. The van der Waals surface area contributed by atoms with Crippen molar-refractivity contribution in [3.05, 3.63) is 281 Å². The van der Waals surface area contributed by atoms with Crippen LogP contribution in [0.4, 0.5) is 0 Å². The van der Waals surface area contributed by atoms with Gasteiger partial charge in [0.2, 0.25) is 0 Å². The number of esters is 4. The van der Waals surface area contributed by atoms with E-state index < -0.39 is 91.0 Å². The Bertz CT molecular complexity index is 3290. The first-order chi connectivity index (χ1) is 40.7. The Morgan fingerprint density at radius 1 is 0.361 bits per heavy atom. The largest absolute Gasteiger partial charge is 0.459 e. The van der Waals surface area contributed by atoms with Crippen molar-refractivity contribution in [3.63, 3.8) is 0 Å². The first-order valence-electron chi connectivity index (χ1n) is 27.3. The summed E-state index contributed by atoms with van der Waals surface area (Å²) in [6, 6.07) is 70.3. The summed E-state index contributed by atoms with van der Waals surface area (Å²) in [4.78, 5) is 57.9. The summed E-state index contributed by atoms with van der Waals surface area (Å²) in [5.41, 5.74) is 3.73. The molecule has 0 aliphatic carbocycles. The van der Waals surface area contributed by atoms with Crippen LogP contribution in [0.5, 0.6) is 0 Å². The average molecular weight is 1140 g/mol. The maximum Gasteiger partial charge on any atom is 0.338 e. The van der Waals surface area contributed by atoms with E-state index in [1.807, 2.05) is 122 Å². The molecule has 15 heteroatoms. The summed E-state index contributed by atoms with van der Waals surface area (Å²) in [5.74, 6) is -3.23. The zero-order valence-electron chi connectivity index (χ0n) is 45.4. The van der Waals surface area contributed by atoms with Crippen molar-refractivity contribution in [2.24, 2.45) is 0 Å². The van der Waals surface area contributed by atoms with Gasteiger partial charge in [-0.15, -0.1) is 0 Å². The Kier molecular flexibility index (Phi) is 20.3. The van der Waals surface area contributed by atoms with E-state index in [1.54, 1.807) is 121 Å². The lowest BCUT2D eigenvalue weighted by molar-refractivity contribution is -0.313. The molecule has 0 amide bonds. The molecule has 10 rings (SSSR count). The number of thioether (sulfide) groups is 1. The van der Waals surface area contributed by atoms with Crippen LogP contribution < -0.4 is 0 Å². The summed E-state index contributed by atoms with van der Waals surface area (Å²) in [6.07, 6.45) is -11.4. The zero-order valence-corrected chi connectivity index (χ0v) is 46.3. The van der Waals surface area contributed by atoms with Crippen LogP contribution >= 0.6 is 11.8 Å². The average Bonchev–Trinajstić information content (AvgIpc) is 3.61. The summed E-state index contributed by atoms with van der Waals surface area (Å²) in [6.45, 7) is 1.68. The molecule has 0 bridgehead atoms. The SMILES string of the molecule is Cc1ccc(S[C@H]2O[C@H](CO[C@H]3O[C@H](COC(=O)c4ccccc4)[C@@H](OC(=O)c4ccccc4)[C@H](OC(=O)c4ccccc4)[C@@H]3OC(=O)c3ccccc3)[C@@H](OCc3ccccc3)[C@H](OCc3ccccc3)[C@@H]2OCc2ccccc2)cc1. The molecule has 2 heterocycles. The normalized spacial score (nSPS) is 22.1. The van der Waals surface area contributed by atoms with Crippen molar-refractivity contribution in [2.75, 3.05) is 13.2 Å². The van der Waals surface area contributed by atoms with Crippen LogP contribution in [0.15, 0.2) is 241 Å². The van der Waals surface area contributed by atoms with Crippen LogP contribution in [-0.4, -0.2) is 97.6 Å². The molecule has 8 aromatic rings. The summed E-state index contributed by atoms with van der Waals surface area (Å²) >= 11 is 1.45. The fourth-order valence-electron chi connectivity index (χ4n) is 9.58. The van der Waals surface area contributed by atoms with Crippen LogP contribution in [0.25, 0.3) is 0 Å². The molecule has 83 heavy (non-hydrogen) atoms. The molecule has 0 aromatic heterocycles. The van der Waals surface area contributed by atoms with Crippen molar-refractivity contribution in [1.82, 2.24) is 0 Å². The molecular formula is C68H62O14S.